The number of benzene rings is 1. The molecule has 0 aromatic heterocycles. The average molecular weight is 305 g/mol. The lowest BCUT2D eigenvalue weighted by Crippen LogP contribution is -2.31. The molecule has 1 unspecified atom stereocenters. The number of hydrogen-bond acceptors (Lipinski definition) is 3. The fraction of sp³-hybridized carbons (Fsp3) is 0.571. The summed E-state index contributed by atoms with van der Waals surface area (Å²) in [5.41, 5.74) is -0.664. The molecule has 1 N–H and O–H groups in total. The zero-order valence-corrected chi connectivity index (χ0v) is 12.1. The summed E-state index contributed by atoms with van der Waals surface area (Å²) in [5, 5.41) is 3.26. The molecule has 2 nitrogen and oxygen atoms in total. The van der Waals surface area contributed by atoms with Crippen molar-refractivity contribution in [3.63, 3.8) is 0 Å². The van der Waals surface area contributed by atoms with E-state index < -0.39 is 11.7 Å². The van der Waals surface area contributed by atoms with Gasteiger partial charge in [-0.2, -0.15) is 24.9 Å². The van der Waals surface area contributed by atoms with Crippen LogP contribution in [-0.2, 0) is 6.18 Å². The van der Waals surface area contributed by atoms with E-state index in [1.165, 1.54) is 6.07 Å². The van der Waals surface area contributed by atoms with Gasteiger partial charge in [0.05, 0.1) is 5.56 Å². The Balaban J connectivity index is 2.09. The maximum Gasteiger partial charge on any atom is 0.416 e. The van der Waals surface area contributed by atoms with Crippen molar-refractivity contribution in [2.24, 2.45) is 5.92 Å². The van der Waals surface area contributed by atoms with Crippen LogP contribution in [0.5, 0.6) is 5.75 Å². The number of alkyl halides is 3. The molecule has 0 bridgehead atoms. The summed E-state index contributed by atoms with van der Waals surface area (Å²) in [5.74, 6) is 1.44. The highest BCUT2D eigenvalue weighted by Crippen LogP contribution is 2.32. The van der Waals surface area contributed by atoms with Crippen LogP contribution in [0.3, 0.4) is 0 Å². The van der Waals surface area contributed by atoms with E-state index in [2.05, 4.69) is 5.32 Å². The summed E-state index contributed by atoms with van der Waals surface area (Å²) in [6.45, 7) is 1.81. The van der Waals surface area contributed by atoms with Crippen LogP contribution in [0.1, 0.15) is 12.0 Å². The molecule has 1 aromatic rings. The molecule has 20 heavy (non-hydrogen) atoms. The minimum atomic E-state index is -4.33. The van der Waals surface area contributed by atoms with Gasteiger partial charge in [0.2, 0.25) is 0 Å². The molecule has 0 spiro atoms. The van der Waals surface area contributed by atoms with E-state index in [1.54, 1.807) is 17.8 Å². The van der Waals surface area contributed by atoms with Crippen LogP contribution in [0.2, 0.25) is 0 Å². The van der Waals surface area contributed by atoms with E-state index in [4.69, 9.17) is 4.74 Å². The highest BCUT2D eigenvalue weighted by molar-refractivity contribution is 7.98. The van der Waals surface area contributed by atoms with E-state index in [0.29, 0.717) is 11.7 Å². The van der Waals surface area contributed by atoms with Crippen LogP contribution in [0.4, 0.5) is 13.2 Å². The third-order valence-corrected chi connectivity index (χ3v) is 4.07. The third-order valence-electron chi connectivity index (χ3n) is 3.40. The Morgan fingerprint density at radius 3 is 2.85 bits per heavy atom. The molecule has 1 aliphatic rings. The molecule has 1 aliphatic heterocycles. The summed E-state index contributed by atoms with van der Waals surface area (Å²) >= 11 is 1.65. The van der Waals surface area contributed by atoms with Gasteiger partial charge in [-0.3, -0.25) is 0 Å². The minimum Gasteiger partial charge on any atom is -0.489 e. The zero-order chi connectivity index (χ0) is 14.6. The SMILES string of the molecule is CSC[C@@H](Oc1cccc(C(F)(F)F)c1)C1CCNC1. The lowest BCUT2D eigenvalue weighted by Gasteiger charge is -2.24. The van der Waals surface area contributed by atoms with Crippen molar-refractivity contribution >= 4 is 11.8 Å². The monoisotopic (exact) mass is 305 g/mol. The smallest absolute Gasteiger partial charge is 0.416 e. The zero-order valence-electron chi connectivity index (χ0n) is 11.2. The van der Waals surface area contributed by atoms with Crippen molar-refractivity contribution in [2.75, 3.05) is 25.1 Å². The predicted octanol–water partition coefficient (Wildman–Crippen LogP) is 3.43. The first-order valence-electron chi connectivity index (χ1n) is 6.54. The van der Waals surface area contributed by atoms with Gasteiger partial charge < -0.3 is 10.1 Å². The fourth-order valence-electron chi connectivity index (χ4n) is 2.35. The molecule has 112 valence electrons. The highest BCUT2D eigenvalue weighted by atomic mass is 32.2. The molecule has 1 aromatic carbocycles. The first-order valence-corrected chi connectivity index (χ1v) is 7.93. The lowest BCUT2D eigenvalue weighted by atomic mass is 10.0. The summed E-state index contributed by atoms with van der Waals surface area (Å²) in [6, 6.07) is 5.12. The second-order valence-electron chi connectivity index (χ2n) is 4.89. The van der Waals surface area contributed by atoms with Crippen molar-refractivity contribution in [2.45, 2.75) is 18.7 Å². The molecule has 0 radical (unpaired) electrons. The van der Waals surface area contributed by atoms with Gasteiger partial charge in [0, 0.05) is 18.2 Å². The average Bonchev–Trinajstić information content (AvgIpc) is 2.91. The van der Waals surface area contributed by atoms with Crippen molar-refractivity contribution in [1.82, 2.24) is 5.32 Å². The Morgan fingerprint density at radius 1 is 1.45 bits per heavy atom. The summed E-state index contributed by atoms with van der Waals surface area (Å²) in [7, 11) is 0. The molecule has 6 heteroatoms. The van der Waals surface area contributed by atoms with E-state index in [0.717, 1.165) is 37.4 Å². The van der Waals surface area contributed by atoms with E-state index >= 15 is 0 Å². The van der Waals surface area contributed by atoms with E-state index in [9.17, 15) is 13.2 Å². The molecule has 0 aliphatic carbocycles. The third kappa shape index (κ3) is 4.06. The Morgan fingerprint density at radius 2 is 2.25 bits per heavy atom. The maximum absolute atomic E-state index is 12.7. The minimum absolute atomic E-state index is 0.0523. The summed E-state index contributed by atoms with van der Waals surface area (Å²) < 4.78 is 43.9. The number of halogens is 3. The van der Waals surface area contributed by atoms with Crippen LogP contribution < -0.4 is 10.1 Å². The fourth-order valence-corrected chi connectivity index (χ4v) is 3.01. The van der Waals surface area contributed by atoms with Crippen LogP contribution >= 0.6 is 11.8 Å². The van der Waals surface area contributed by atoms with Gasteiger partial charge in [-0.05, 0) is 37.4 Å². The number of rotatable bonds is 5. The summed E-state index contributed by atoms with van der Waals surface area (Å²) in [6.07, 6.45) is -1.40. The molecular formula is C14H18F3NOS. The first-order chi connectivity index (χ1) is 9.50. The predicted molar refractivity (Wildman–Crippen MR) is 75.2 cm³/mol. The van der Waals surface area contributed by atoms with Gasteiger partial charge in [0.25, 0.3) is 0 Å². The second kappa shape index (κ2) is 6.72. The standard InChI is InChI=1S/C14H18F3NOS/c1-20-9-13(10-5-6-18-8-10)19-12-4-2-3-11(7-12)14(15,16)17/h2-4,7,10,13,18H,5-6,8-9H2,1H3/t10?,13-/m1/s1. The molecule has 0 amide bonds. The lowest BCUT2D eigenvalue weighted by molar-refractivity contribution is -0.137. The first kappa shape index (κ1) is 15.5. The van der Waals surface area contributed by atoms with Crippen LogP contribution in [0.25, 0.3) is 0 Å². The van der Waals surface area contributed by atoms with Crippen LogP contribution in [0.15, 0.2) is 24.3 Å². The molecule has 0 saturated carbocycles. The van der Waals surface area contributed by atoms with Gasteiger partial charge in [0.1, 0.15) is 11.9 Å². The Hall–Kier alpha value is -0.880. The van der Waals surface area contributed by atoms with Gasteiger partial charge in [-0.25, -0.2) is 0 Å². The van der Waals surface area contributed by atoms with E-state index in [1.807, 2.05) is 6.26 Å². The van der Waals surface area contributed by atoms with Crippen LogP contribution in [-0.4, -0.2) is 31.2 Å². The largest absolute Gasteiger partial charge is 0.489 e. The van der Waals surface area contributed by atoms with Crippen LogP contribution in [0, 0.1) is 5.92 Å². The van der Waals surface area contributed by atoms with Crippen molar-refractivity contribution in [3.05, 3.63) is 29.8 Å². The van der Waals surface area contributed by atoms with Gasteiger partial charge in [0.15, 0.2) is 0 Å². The Bertz CT molecular complexity index is 433. The summed E-state index contributed by atoms with van der Waals surface area (Å²) in [4.78, 5) is 0. The number of hydrogen-bond donors (Lipinski definition) is 1. The maximum atomic E-state index is 12.7. The molecule has 2 rings (SSSR count). The Kier molecular flexibility index (Phi) is 5.21. The van der Waals surface area contributed by atoms with Gasteiger partial charge >= 0.3 is 6.18 Å². The molecular weight excluding hydrogens is 287 g/mol. The molecule has 1 fully saturated rings. The molecule has 1 saturated heterocycles. The van der Waals surface area contributed by atoms with Gasteiger partial charge in [-0.15, -0.1) is 0 Å². The van der Waals surface area contributed by atoms with Gasteiger partial charge in [-0.1, -0.05) is 6.07 Å². The number of ether oxygens (including phenoxy) is 1. The van der Waals surface area contributed by atoms with Crippen molar-refractivity contribution in [3.8, 4) is 5.75 Å². The number of thioether (sulfide) groups is 1. The van der Waals surface area contributed by atoms with Crippen molar-refractivity contribution in [1.29, 1.82) is 0 Å². The van der Waals surface area contributed by atoms with Crippen molar-refractivity contribution < 1.29 is 17.9 Å². The molecule has 1 heterocycles. The normalized spacial score (nSPS) is 20.9. The highest BCUT2D eigenvalue weighted by Gasteiger charge is 2.31. The Labute approximate surface area is 121 Å². The topological polar surface area (TPSA) is 21.3 Å². The number of nitrogens with one attached hydrogen (secondary N) is 1. The van der Waals surface area contributed by atoms with E-state index in [-0.39, 0.29) is 6.10 Å². The second-order valence-corrected chi connectivity index (χ2v) is 5.80. The molecule has 2 atom stereocenters. The quantitative estimate of drug-likeness (QED) is 0.900.